The number of carboxylic acids is 1. The Morgan fingerprint density at radius 2 is 2.05 bits per heavy atom. The Morgan fingerprint density at radius 3 is 2.76 bits per heavy atom. The summed E-state index contributed by atoms with van der Waals surface area (Å²) in [6, 6.07) is 7.61. The van der Waals surface area contributed by atoms with Crippen molar-refractivity contribution in [1.82, 2.24) is 4.98 Å². The fourth-order valence-electron chi connectivity index (χ4n) is 2.38. The second-order valence-corrected chi connectivity index (χ2v) is 5.69. The van der Waals surface area contributed by atoms with Crippen LogP contribution in [0.1, 0.15) is 43.5 Å². The summed E-state index contributed by atoms with van der Waals surface area (Å²) in [6.45, 7) is 5.21. The highest BCUT2D eigenvalue weighted by molar-refractivity contribution is 6.04. The highest BCUT2D eigenvalue weighted by Gasteiger charge is 2.13. The first-order chi connectivity index (χ1) is 10.1. The summed E-state index contributed by atoms with van der Waals surface area (Å²) in [5.74, 6) is -0.237. The maximum atomic E-state index is 11.4. The number of para-hydroxylation sites is 1. The van der Waals surface area contributed by atoms with Crippen molar-refractivity contribution in [3.63, 3.8) is 0 Å². The number of fused-ring (bicyclic) bond motifs is 1. The third-order valence-electron chi connectivity index (χ3n) is 3.52. The zero-order valence-corrected chi connectivity index (χ0v) is 12.6. The number of nitrogens with one attached hydrogen (secondary N) is 1. The van der Waals surface area contributed by atoms with Gasteiger partial charge in [-0.3, -0.25) is 4.98 Å². The molecular formula is C17H22N2O2. The molecule has 0 saturated carbocycles. The Balaban J connectivity index is 2.16. The van der Waals surface area contributed by atoms with Crippen LogP contribution in [-0.2, 0) is 0 Å². The number of carbonyl (C=O) groups is 1. The Morgan fingerprint density at radius 1 is 1.29 bits per heavy atom. The van der Waals surface area contributed by atoms with Crippen molar-refractivity contribution in [2.75, 3.05) is 11.9 Å². The molecule has 2 aromatic rings. The molecule has 0 aliphatic heterocycles. The molecule has 1 heterocycles. The second kappa shape index (κ2) is 7.07. The number of pyridine rings is 1. The molecular weight excluding hydrogens is 264 g/mol. The van der Waals surface area contributed by atoms with Crippen LogP contribution in [-0.4, -0.2) is 22.6 Å². The molecule has 0 atom stereocenters. The number of nitrogens with zero attached hydrogens (tertiary/aromatic N) is 1. The van der Waals surface area contributed by atoms with Crippen molar-refractivity contribution in [2.24, 2.45) is 5.92 Å². The first-order valence-corrected chi connectivity index (χ1v) is 7.44. The van der Waals surface area contributed by atoms with Gasteiger partial charge >= 0.3 is 5.97 Å². The van der Waals surface area contributed by atoms with E-state index in [9.17, 15) is 9.90 Å². The molecule has 0 saturated heterocycles. The minimum absolute atomic E-state index is 0.234. The zero-order valence-electron chi connectivity index (χ0n) is 12.6. The van der Waals surface area contributed by atoms with Crippen molar-refractivity contribution >= 4 is 22.6 Å². The van der Waals surface area contributed by atoms with Crippen LogP contribution in [0.25, 0.3) is 10.9 Å². The van der Waals surface area contributed by atoms with E-state index in [-0.39, 0.29) is 5.56 Å². The standard InChI is InChI=1S/C17H22N2O2/c1-12(2)7-5-6-10-18-16-13-8-3-4-9-15(13)19-11-14(16)17(20)21/h3-4,8-9,11-12H,5-7,10H2,1-2H3,(H,18,19)(H,20,21). The molecule has 1 aromatic heterocycles. The smallest absolute Gasteiger partial charge is 0.339 e. The van der Waals surface area contributed by atoms with Crippen LogP contribution in [0.3, 0.4) is 0 Å². The average molecular weight is 286 g/mol. The van der Waals surface area contributed by atoms with E-state index in [1.807, 2.05) is 24.3 Å². The van der Waals surface area contributed by atoms with E-state index < -0.39 is 5.97 Å². The number of benzene rings is 1. The summed E-state index contributed by atoms with van der Waals surface area (Å²) < 4.78 is 0. The number of hydrogen-bond acceptors (Lipinski definition) is 3. The quantitative estimate of drug-likeness (QED) is 0.750. The van der Waals surface area contributed by atoms with E-state index in [1.54, 1.807) is 0 Å². The van der Waals surface area contributed by atoms with Gasteiger partial charge in [-0.1, -0.05) is 44.9 Å². The van der Waals surface area contributed by atoms with Gasteiger partial charge in [-0.2, -0.15) is 0 Å². The van der Waals surface area contributed by atoms with Crippen LogP contribution in [0, 0.1) is 5.92 Å². The van der Waals surface area contributed by atoms with Crippen LogP contribution in [0.2, 0.25) is 0 Å². The van der Waals surface area contributed by atoms with Crippen LogP contribution in [0.4, 0.5) is 5.69 Å². The van der Waals surface area contributed by atoms with E-state index in [0.29, 0.717) is 11.6 Å². The fourth-order valence-corrected chi connectivity index (χ4v) is 2.38. The predicted octanol–water partition coefficient (Wildman–Crippen LogP) is 4.17. The van der Waals surface area contributed by atoms with Crippen molar-refractivity contribution < 1.29 is 9.90 Å². The van der Waals surface area contributed by atoms with Crippen molar-refractivity contribution in [3.8, 4) is 0 Å². The molecule has 4 heteroatoms. The van der Waals surface area contributed by atoms with Gasteiger partial charge in [0.25, 0.3) is 0 Å². The van der Waals surface area contributed by atoms with Gasteiger partial charge in [0, 0.05) is 18.1 Å². The maximum Gasteiger partial charge on any atom is 0.339 e. The van der Waals surface area contributed by atoms with Gasteiger partial charge in [-0.15, -0.1) is 0 Å². The topological polar surface area (TPSA) is 62.2 Å². The zero-order chi connectivity index (χ0) is 15.2. The van der Waals surface area contributed by atoms with Gasteiger partial charge in [0.1, 0.15) is 5.56 Å². The second-order valence-electron chi connectivity index (χ2n) is 5.69. The van der Waals surface area contributed by atoms with E-state index in [2.05, 4.69) is 24.1 Å². The van der Waals surface area contributed by atoms with Crippen LogP contribution in [0.15, 0.2) is 30.5 Å². The summed E-state index contributed by atoms with van der Waals surface area (Å²) in [5.41, 5.74) is 1.72. The van der Waals surface area contributed by atoms with Crippen LogP contribution >= 0.6 is 0 Å². The van der Waals surface area contributed by atoms with Crippen LogP contribution < -0.4 is 5.32 Å². The Hall–Kier alpha value is -2.10. The molecule has 0 aliphatic rings. The number of hydrogen-bond donors (Lipinski definition) is 2. The van der Waals surface area contributed by atoms with E-state index in [4.69, 9.17) is 0 Å². The number of carboxylic acid groups (broad SMARTS) is 1. The van der Waals surface area contributed by atoms with E-state index >= 15 is 0 Å². The normalized spacial score (nSPS) is 11.0. The largest absolute Gasteiger partial charge is 0.478 e. The minimum atomic E-state index is -0.946. The molecule has 0 aliphatic carbocycles. The molecule has 0 spiro atoms. The molecule has 1 aromatic carbocycles. The van der Waals surface area contributed by atoms with E-state index in [0.717, 1.165) is 30.3 Å². The molecule has 21 heavy (non-hydrogen) atoms. The first kappa shape index (κ1) is 15.3. The van der Waals surface area contributed by atoms with Crippen molar-refractivity contribution in [1.29, 1.82) is 0 Å². The fraction of sp³-hybridized carbons (Fsp3) is 0.412. The third-order valence-corrected chi connectivity index (χ3v) is 3.52. The molecule has 2 rings (SSSR count). The molecule has 2 N–H and O–H groups in total. The first-order valence-electron chi connectivity index (χ1n) is 7.44. The Labute approximate surface area is 125 Å². The maximum absolute atomic E-state index is 11.4. The molecule has 0 unspecified atom stereocenters. The van der Waals surface area contributed by atoms with Gasteiger partial charge < -0.3 is 10.4 Å². The van der Waals surface area contributed by atoms with Gasteiger partial charge in [-0.05, 0) is 18.4 Å². The number of aromatic carboxylic acids is 1. The highest BCUT2D eigenvalue weighted by Crippen LogP contribution is 2.26. The predicted molar refractivity (Wildman–Crippen MR) is 85.9 cm³/mol. The number of anilines is 1. The molecule has 0 radical (unpaired) electrons. The summed E-state index contributed by atoms with van der Waals surface area (Å²) in [5, 5.41) is 13.5. The third kappa shape index (κ3) is 3.94. The highest BCUT2D eigenvalue weighted by atomic mass is 16.4. The Bertz CT molecular complexity index is 623. The molecule has 4 nitrogen and oxygen atoms in total. The lowest BCUT2D eigenvalue weighted by Gasteiger charge is -2.12. The molecule has 0 amide bonds. The average Bonchev–Trinajstić information content (AvgIpc) is 2.46. The summed E-state index contributed by atoms with van der Waals surface area (Å²) in [6.07, 6.45) is 4.82. The summed E-state index contributed by atoms with van der Waals surface area (Å²) in [7, 11) is 0. The van der Waals surface area contributed by atoms with Crippen LogP contribution in [0.5, 0.6) is 0 Å². The Kier molecular flexibility index (Phi) is 5.14. The number of unbranched alkanes of at least 4 members (excludes halogenated alkanes) is 1. The minimum Gasteiger partial charge on any atom is -0.478 e. The molecule has 112 valence electrons. The summed E-state index contributed by atoms with van der Waals surface area (Å²) >= 11 is 0. The number of aromatic nitrogens is 1. The monoisotopic (exact) mass is 286 g/mol. The molecule has 0 bridgehead atoms. The lowest BCUT2D eigenvalue weighted by Crippen LogP contribution is -2.09. The summed E-state index contributed by atoms with van der Waals surface area (Å²) in [4.78, 5) is 15.6. The lowest BCUT2D eigenvalue weighted by molar-refractivity contribution is 0.0697. The number of rotatable bonds is 7. The molecule has 0 fully saturated rings. The van der Waals surface area contributed by atoms with Crippen molar-refractivity contribution in [3.05, 3.63) is 36.0 Å². The lowest BCUT2D eigenvalue weighted by atomic mass is 10.1. The van der Waals surface area contributed by atoms with Crippen molar-refractivity contribution in [2.45, 2.75) is 33.1 Å². The van der Waals surface area contributed by atoms with E-state index in [1.165, 1.54) is 12.6 Å². The van der Waals surface area contributed by atoms with Gasteiger partial charge in [-0.25, -0.2) is 4.79 Å². The van der Waals surface area contributed by atoms with Gasteiger partial charge in [0.15, 0.2) is 0 Å². The SMILES string of the molecule is CC(C)CCCCNc1c(C(=O)O)cnc2ccccc12. The van der Waals surface area contributed by atoms with Gasteiger partial charge in [0.2, 0.25) is 0 Å². The van der Waals surface area contributed by atoms with Gasteiger partial charge in [0.05, 0.1) is 11.2 Å².